The molecule has 21 heavy (non-hydrogen) atoms. The van der Waals surface area contributed by atoms with Crippen molar-refractivity contribution in [2.75, 3.05) is 13.1 Å². The summed E-state index contributed by atoms with van der Waals surface area (Å²) in [6.07, 6.45) is 0. The monoisotopic (exact) mass is 301 g/mol. The second-order valence-electron chi connectivity index (χ2n) is 6.60. The minimum absolute atomic E-state index is 0.508. The lowest BCUT2D eigenvalue weighted by atomic mass is 9.84. The maximum absolute atomic E-state index is 6.03. The number of benzene rings is 2. The topological polar surface area (TPSA) is 3.24 Å². The lowest BCUT2D eigenvalue weighted by Gasteiger charge is -2.46. The molecule has 112 valence electrons. The van der Waals surface area contributed by atoms with Crippen LogP contribution in [0.3, 0.4) is 0 Å². The highest BCUT2D eigenvalue weighted by Gasteiger charge is 2.33. The standard InChI is InChI=1S/C13H18ClN.C6H6/c1-10-4-11(6-12(14)5-10)7-15-8-13(2,3)9-15;1-2-4-6-5-3-1/h4-6H,7-9H2,1-3H3;1-6H. The molecule has 0 saturated carbocycles. The van der Waals surface area contributed by atoms with Gasteiger partial charge in [0.2, 0.25) is 0 Å². The van der Waals surface area contributed by atoms with Gasteiger partial charge in [0.1, 0.15) is 0 Å². The third kappa shape index (κ3) is 5.53. The Kier molecular flexibility index (Phi) is 5.44. The van der Waals surface area contributed by atoms with Crippen molar-refractivity contribution in [1.82, 2.24) is 4.90 Å². The van der Waals surface area contributed by atoms with Gasteiger partial charge in [-0.2, -0.15) is 0 Å². The van der Waals surface area contributed by atoms with Gasteiger partial charge in [-0.1, -0.05) is 67.9 Å². The Morgan fingerprint density at radius 3 is 1.90 bits per heavy atom. The van der Waals surface area contributed by atoms with Gasteiger partial charge < -0.3 is 0 Å². The molecule has 0 unspecified atom stereocenters. The minimum Gasteiger partial charge on any atom is -0.298 e. The zero-order chi connectivity index (χ0) is 15.3. The third-order valence-corrected chi connectivity index (χ3v) is 3.70. The molecule has 1 fully saturated rings. The van der Waals surface area contributed by atoms with Crippen molar-refractivity contribution >= 4 is 11.6 Å². The molecule has 1 aliphatic rings. The van der Waals surface area contributed by atoms with Crippen LogP contribution in [0.4, 0.5) is 0 Å². The van der Waals surface area contributed by atoms with Crippen molar-refractivity contribution in [2.24, 2.45) is 5.41 Å². The Labute approximate surface area is 133 Å². The van der Waals surface area contributed by atoms with Crippen molar-refractivity contribution in [3.8, 4) is 0 Å². The molecule has 1 nitrogen and oxygen atoms in total. The molecule has 1 saturated heterocycles. The predicted octanol–water partition coefficient (Wildman–Crippen LogP) is 5.18. The van der Waals surface area contributed by atoms with Crippen LogP contribution in [0, 0.1) is 12.3 Å². The first kappa shape index (κ1) is 16.1. The van der Waals surface area contributed by atoms with Crippen LogP contribution >= 0.6 is 11.6 Å². The van der Waals surface area contributed by atoms with Crippen molar-refractivity contribution < 1.29 is 0 Å². The highest BCUT2D eigenvalue weighted by molar-refractivity contribution is 6.30. The van der Waals surface area contributed by atoms with Crippen molar-refractivity contribution in [1.29, 1.82) is 0 Å². The van der Waals surface area contributed by atoms with E-state index in [1.165, 1.54) is 24.2 Å². The van der Waals surface area contributed by atoms with E-state index < -0.39 is 0 Å². The third-order valence-electron chi connectivity index (χ3n) is 3.48. The van der Waals surface area contributed by atoms with Gasteiger partial charge in [-0.3, -0.25) is 4.90 Å². The summed E-state index contributed by atoms with van der Waals surface area (Å²) in [5.74, 6) is 0. The first-order valence-corrected chi connectivity index (χ1v) is 7.81. The number of hydrogen-bond acceptors (Lipinski definition) is 1. The van der Waals surface area contributed by atoms with E-state index in [-0.39, 0.29) is 0 Å². The Bertz CT molecular complexity index is 508. The van der Waals surface area contributed by atoms with E-state index in [1.807, 2.05) is 42.5 Å². The first-order valence-electron chi connectivity index (χ1n) is 7.43. The molecule has 1 aliphatic heterocycles. The van der Waals surface area contributed by atoms with Gasteiger partial charge >= 0.3 is 0 Å². The van der Waals surface area contributed by atoms with E-state index in [0.717, 1.165) is 11.6 Å². The fourth-order valence-corrected chi connectivity index (χ4v) is 3.13. The number of aryl methyl sites for hydroxylation is 1. The number of rotatable bonds is 2. The van der Waals surface area contributed by atoms with Crippen LogP contribution in [0.2, 0.25) is 5.02 Å². The predicted molar refractivity (Wildman–Crippen MR) is 91.7 cm³/mol. The van der Waals surface area contributed by atoms with E-state index in [1.54, 1.807) is 0 Å². The molecule has 3 rings (SSSR count). The molecule has 0 spiro atoms. The number of hydrogen-bond donors (Lipinski definition) is 0. The summed E-state index contributed by atoms with van der Waals surface area (Å²) in [6, 6.07) is 18.3. The van der Waals surface area contributed by atoms with Crippen molar-refractivity contribution in [3.05, 3.63) is 70.7 Å². The fourth-order valence-electron chi connectivity index (χ4n) is 2.82. The molecule has 2 aromatic rings. The van der Waals surface area contributed by atoms with E-state index >= 15 is 0 Å². The van der Waals surface area contributed by atoms with Crippen LogP contribution in [-0.2, 0) is 6.54 Å². The van der Waals surface area contributed by atoms with Gasteiger partial charge in [0.25, 0.3) is 0 Å². The summed E-state index contributed by atoms with van der Waals surface area (Å²) in [5.41, 5.74) is 3.08. The highest BCUT2D eigenvalue weighted by atomic mass is 35.5. The molecule has 0 aromatic heterocycles. The molecule has 0 radical (unpaired) electrons. The Morgan fingerprint density at radius 1 is 0.952 bits per heavy atom. The second-order valence-corrected chi connectivity index (χ2v) is 7.04. The average Bonchev–Trinajstić information content (AvgIpc) is 2.38. The zero-order valence-electron chi connectivity index (χ0n) is 13.1. The summed E-state index contributed by atoms with van der Waals surface area (Å²) in [4.78, 5) is 2.46. The molecule has 2 aromatic carbocycles. The quantitative estimate of drug-likeness (QED) is 0.739. The molecule has 0 amide bonds. The van der Waals surface area contributed by atoms with Crippen molar-refractivity contribution in [3.63, 3.8) is 0 Å². The lowest BCUT2D eigenvalue weighted by molar-refractivity contribution is 0.0242. The van der Waals surface area contributed by atoms with Gasteiger partial charge in [0, 0.05) is 24.7 Å². The Balaban J connectivity index is 0.000000225. The smallest absolute Gasteiger partial charge is 0.0411 e. The first-order chi connectivity index (χ1) is 9.94. The maximum Gasteiger partial charge on any atom is 0.0411 e. The largest absolute Gasteiger partial charge is 0.298 e. The van der Waals surface area contributed by atoms with Gasteiger partial charge in [0.05, 0.1) is 0 Å². The lowest BCUT2D eigenvalue weighted by Crippen LogP contribution is -2.52. The Morgan fingerprint density at radius 2 is 1.48 bits per heavy atom. The molecule has 0 atom stereocenters. The van der Waals surface area contributed by atoms with Crippen LogP contribution in [0.25, 0.3) is 0 Å². The van der Waals surface area contributed by atoms with Crippen LogP contribution in [-0.4, -0.2) is 18.0 Å². The molecular weight excluding hydrogens is 278 g/mol. The Hall–Kier alpha value is -1.31. The fraction of sp³-hybridized carbons (Fsp3) is 0.368. The molecule has 0 bridgehead atoms. The second kappa shape index (κ2) is 7.11. The molecule has 1 heterocycles. The van der Waals surface area contributed by atoms with E-state index in [4.69, 9.17) is 11.6 Å². The number of halogens is 1. The maximum atomic E-state index is 6.03. The summed E-state index contributed by atoms with van der Waals surface area (Å²) >= 11 is 6.03. The number of nitrogens with zero attached hydrogens (tertiary/aromatic N) is 1. The summed E-state index contributed by atoms with van der Waals surface area (Å²) in [6.45, 7) is 10.1. The van der Waals surface area contributed by atoms with Crippen LogP contribution in [0.1, 0.15) is 25.0 Å². The van der Waals surface area contributed by atoms with E-state index in [2.05, 4.69) is 37.8 Å². The van der Waals surface area contributed by atoms with Gasteiger partial charge in [-0.05, 0) is 35.6 Å². The highest BCUT2D eigenvalue weighted by Crippen LogP contribution is 2.30. The SMILES string of the molecule is Cc1cc(Cl)cc(CN2CC(C)(C)C2)c1.c1ccccc1. The van der Waals surface area contributed by atoms with E-state index in [0.29, 0.717) is 5.41 Å². The van der Waals surface area contributed by atoms with Gasteiger partial charge in [-0.25, -0.2) is 0 Å². The van der Waals surface area contributed by atoms with Crippen LogP contribution < -0.4 is 0 Å². The van der Waals surface area contributed by atoms with Gasteiger partial charge in [0.15, 0.2) is 0 Å². The number of likely N-dealkylation sites (tertiary alicyclic amines) is 1. The van der Waals surface area contributed by atoms with E-state index in [9.17, 15) is 0 Å². The molecular formula is C19H24ClN. The van der Waals surface area contributed by atoms with Crippen LogP contribution in [0.15, 0.2) is 54.6 Å². The zero-order valence-corrected chi connectivity index (χ0v) is 13.9. The van der Waals surface area contributed by atoms with Crippen molar-refractivity contribution in [2.45, 2.75) is 27.3 Å². The average molecular weight is 302 g/mol. The summed E-state index contributed by atoms with van der Waals surface area (Å²) < 4.78 is 0. The summed E-state index contributed by atoms with van der Waals surface area (Å²) in [7, 11) is 0. The summed E-state index contributed by atoms with van der Waals surface area (Å²) in [5, 5.41) is 0.852. The molecule has 0 aliphatic carbocycles. The normalized spacial score (nSPS) is 16.6. The van der Waals surface area contributed by atoms with Crippen LogP contribution in [0.5, 0.6) is 0 Å². The molecule has 2 heteroatoms. The van der Waals surface area contributed by atoms with Gasteiger partial charge in [-0.15, -0.1) is 0 Å². The molecule has 0 N–H and O–H groups in total. The minimum atomic E-state index is 0.508.